The van der Waals surface area contributed by atoms with Gasteiger partial charge in [-0.15, -0.1) is 0 Å². The van der Waals surface area contributed by atoms with Crippen molar-refractivity contribution in [2.45, 2.75) is 25.7 Å². The summed E-state index contributed by atoms with van der Waals surface area (Å²) in [7, 11) is 0. The number of hydrogen-bond donors (Lipinski definition) is 0. The van der Waals surface area contributed by atoms with Crippen molar-refractivity contribution in [1.29, 1.82) is 0 Å². The largest absolute Gasteiger partial charge is 0.370 e. The molecule has 0 spiro atoms. The Hall–Kier alpha value is -1.21. The fraction of sp³-hybridized carbons (Fsp3) is 0.444. The molecule has 1 heterocycles. The zero-order valence-electron chi connectivity index (χ0n) is 11.8. The summed E-state index contributed by atoms with van der Waals surface area (Å²) < 4.78 is 0. The molecule has 1 atom stereocenters. The quantitative estimate of drug-likeness (QED) is 0.749. The van der Waals surface area contributed by atoms with Gasteiger partial charge < -0.3 is 4.90 Å². The summed E-state index contributed by atoms with van der Waals surface area (Å²) in [5.74, 6) is 1.63. The van der Waals surface area contributed by atoms with E-state index in [9.17, 15) is 0 Å². The minimum atomic E-state index is 0.761. The number of benzene rings is 1. The zero-order chi connectivity index (χ0) is 13.8. The Morgan fingerprint density at radius 1 is 1.10 bits per heavy atom. The molecule has 1 aromatic carbocycles. The van der Waals surface area contributed by atoms with Crippen LogP contribution in [0.2, 0.25) is 5.02 Å². The van der Waals surface area contributed by atoms with E-state index in [1.165, 1.54) is 31.4 Å². The number of piperidine rings is 1. The van der Waals surface area contributed by atoms with Crippen molar-refractivity contribution in [3.05, 3.63) is 53.6 Å². The summed E-state index contributed by atoms with van der Waals surface area (Å²) in [6.07, 6.45) is 14.2. The van der Waals surface area contributed by atoms with Crippen LogP contribution >= 0.6 is 11.6 Å². The number of para-hydroxylation sites is 1. The molecule has 1 nitrogen and oxygen atoms in total. The van der Waals surface area contributed by atoms with Gasteiger partial charge in [-0.05, 0) is 49.7 Å². The second kappa shape index (κ2) is 6.49. The van der Waals surface area contributed by atoms with Crippen molar-refractivity contribution in [2.24, 2.45) is 11.8 Å². The van der Waals surface area contributed by atoms with E-state index >= 15 is 0 Å². The molecule has 3 rings (SSSR count). The third kappa shape index (κ3) is 3.27. The smallest absolute Gasteiger partial charge is 0.0639 e. The lowest BCUT2D eigenvalue weighted by Crippen LogP contribution is -2.34. The average molecular weight is 288 g/mol. The van der Waals surface area contributed by atoms with Crippen LogP contribution in [0.15, 0.2) is 48.6 Å². The lowest BCUT2D eigenvalue weighted by Gasteiger charge is -2.35. The van der Waals surface area contributed by atoms with Gasteiger partial charge in [0.2, 0.25) is 0 Å². The molecule has 0 N–H and O–H groups in total. The van der Waals surface area contributed by atoms with Crippen molar-refractivity contribution >= 4 is 17.3 Å². The minimum Gasteiger partial charge on any atom is -0.370 e. The van der Waals surface area contributed by atoms with Gasteiger partial charge in [-0.25, -0.2) is 0 Å². The second-order valence-electron chi connectivity index (χ2n) is 5.93. The number of hydrogen-bond acceptors (Lipinski definition) is 1. The molecule has 1 fully saturated rings. The predicted molar refractivity (Wildman–Crippen MR) is 87.4 cm³/mol. The van der Waals surface area contributed by atoms with Crippen molar-refractivity contribution in [3.63, 3.8) is 0 Å². The highest BCUT2D eigenvalue weighted by molar-refractivity contribution is 6.33. The van der Waals surface area contributed by atoms with Crippen LogP contribution in [-0.4, -0.2) is 13.1 Å². The van der Waals surface area contributed by atoms with Crippen LogP contribution in [0.25, 0.3) is 0 Å². The van der Waals surface area contributed by atoms with Crippen molar-refractivity contribution in [2.75, 3.05) is 18.0 Å². The maximum Gasteiger partial charge on any atom is 0.0639 e. The summed E-state index contributed by atoms with van der Waals surface area (Å²) in [5, 5.41) is 0.881. The summed E-state index contributed by atoms with van der Waals surface area (Å²) in [5.41, 5.74) is 1.20. The molecule has 20 heavy (non-hydrogen) atoms. The summed E-state index contributed by atoms with van der Waals surface area (Å²) >= 11 is 6.29. The molecule has 2 aliphatic rings. The Morgan fingerprint density at radius 2 is 1.90 bits per heavy atom. The number of halogens is 1. The van der Waals surface area contributed by atoms with E-state index in [4.69, 9.17) is 11.6 Å². The van der Waals surface area contributed by atoms with Crippen LogP contribution < -0.4 is 4.90 Å². The second-order valence-corrected chi connectivity index (χ2v) is 6.33. The van der Waals surface area contributed by atoms with E-state index in [2.05, 4.69) is 41.3 Å². The highest BCUT2D eigenvalue weighted by Gasteiger charge is 2.22. The third-order valence-electron chi connectivity index (χ3n) is 4.51. The van der Waals surface area contributed by atoms with Gasteiger partial charge in [0.25, 0.3) is 0 Å². The normalized spacial score (nSPS) is 23.2. The molecule has 1 saturated heterocycles. The number of anilines is 1. The topological polar surface area (TPSA) is 3.24 Å². The van der Waals surface area contributed by atoms with Gasteiger partial charge in [-0.1, -0.05) is 48.0 Å². The monoisotopic (exact) mass is 287 g/mol. The van der Waals surface area contributed by atoms with Crippen LogP contribution in [0.3, 0.4) is 0 Å². The maximum atomic E-state index is 6.29. The molecule has 1 aliphatic heterocycles. The lowest BCUT2D eigenvalue weighted by atomic mass is 9.84. The van der Waals surface area contributed by atoms with Crippen molar-refractivity contribution < 1.29 is 0 Å². The Balaban J connectivity index is 1.53. The Bertz CT molecular complexity index is 498. The molecule has 0 aromatic heterocycles. The van der Waals surface area contributed by atoms with Crippen LogP contribution in [0, 0.1) is 11.8 Å². The zero-order valence-corrected chi connectivity index (χ0v) is 12.6. The highest BCUT2D eigenvalue weighted by atomic mass is 35.5. The minimum absolute atomic E-state index is 0.761. The molecule has 106 valence electrons. The van der Waals surface area contributed by atoms with Gasteiger partial charge in [-0.2, -0.15) is 0 Å². The molecule has 1 aliphatic carbocycles. The SMILES string of the molecule is Clc1ccccc1N1CCC(CC2C=CC=CC2)CC1. The summed E-state index contributed by atoms with van der Waals surface area (Å²) in [4.78, 5) is 2.44. The fourth-order valence-corrected chi connectivity index (χ4v) is 3.61. The molecule has 2 heteroatoms. The molecular weight excluding hydrogens is 266 g/mol. The molecular formula is C18H22ClN. The van der Waals surface area contributed by atoms with Crippen LogP contribution in [0.4, 0.5) is 5.69 Å². The molecule has 0 amide bonds. The van der Waals surface area contributed by atoms with Gasteiger partial charge in [0, 0.05) is 13.1 Å². The summed E-state index contributed by atoms with van der Waals surface area (Å²) in [6.45, 7) is 2.28. The van der Waals surface area contributed by atoms with E-state index < -0.39 is 0 Å². The number of nitrogens with zero attached hydrogens (tertiary/aromatic N) is 1. The first-order valence-corrected chi connectivity index (χ1v) is 8.03. The summed E-state index contributed by atoms with van der Waals surface area (Å²) in [6, 6.07) is 8.20. The lowest BCUT2D eigenvalue weighted by molar-refractivity contribution is 0.342. The molecule has 0 radical (unpaired) electrons. The average Bonchev–Trinajstić information content (AvgIpc) is 2.50. The first kappa shape index (κ1) is 13.8. The van der Waals surface area contributed by atoms with Crippen LogP contribution in [0.5, 0.6) is 0 Å². The third-order valence-corrected chi connectivity index (χ3v) is 4.83. The van der Waals surface area contributed by atoms with Gasteiger partial charge in [0.1, 0.15) is 0 Å². The first-order valence-electron chi connectivity index (χ1n) is 7.66. The Kier molecular flexibility index (Phi) is 4.47. The predicted octanol–water partition coefficient (Wildman–Crippen LogP) is 5.08. The molecule has 0 bridgehead atoms. The van der Waals surface area contributed by atoms with Crippen molar-refractivity contribution in [3.8, 4) is 0 Å². The van der Waals surface area contributed by atoms with E-state index in [0.29, 0.717) is 0 Å². The molecule has 1 unspecified atom stereocenters. The Labute approximate surface area is 126 Å². The van der Waals surface area contributed by atoms with Crippen LogP contribution in [-0.2, 0) is 0 Å². The Morgan fingerprint density at radius 3 is 2.60 bits per heavy atom. The van der Waals surface area contributed by atoms with E-state index in [1.807, 2.05) is 12.1 Å². The van der Waals surface area contributed by atoms with E-state index in [1.54, 1.807) is 0 Å². The first-order chi connectivity index (χ1) is 9.83. The van der Waals surface area contributed by atoms with Crippen molar-refractivity contribution in [1.82, 2.24) is 0 Å². The van der Waals surface area contributed by atoms with E-state index in [0.717, 1.165) is 29.9 Å². The maximum absolute atomic E-state index is 6.29. The number of allylic oxidation sites excluding steroid dienone is 4. The standard InChI is InChI=1S/C18H22ClN/c19-17-8-4-5-9-18(17)20-12-10-16(11-13-20)14-15-6-2-1-3-7-15/h1-6,8-9,15-16H,7,10-14H2. The number of rotatable bonds is 3. The van der Waals surface area contributed by atoms with Gasteiger partial charge >= 0.3 is 0 Å². The molecule has 1 aromatic rings. The van der Waals surface area contributed by atoms with Gasteiger partial charge in [0.15, 0.2) is 0 Å². The highest BCUT2D eigenvalue weighted by Crippen LogP contribution is 2.32. The molecule has 0 saturated carbocycles. The van der Waals surface area contributed by atoms with Gasteiger partial charge in [-0.3, -0.25) is 0 Å². The van der Waals surface area contributed by atoms with Gasteiger partial charge in [0.05, 0.1) is 10.7 Å². The van der Waals surface area contributed by atoms with Crippen LogP contribution in [0.1, 0.15) is 25.7 Å². The van der Waals surface area contributed by atoms with E-state index in [-0.39, 0.29) is 0 Å². The fourth-order valence-electron chi connectivity index (χ4n) is 3.35.